The third-order valence-electron chi connectivity index (χ3n) is 3.71. The Balaban J connectivity index is 1.68. The van der Waals surface area contributed by atoms with Gasteiger partial charge in [-0.1, -0.05) is 13.0 Å². The van der Waals surface area contributed by atoms with Gasteiger partial charge in [0.15, 0.2) is 5.96 Å². The minimum absolute atomic E-state index is 0.466. The smallest absolute Gasteiger partial charge is 0.188 e. The number of nitrogens with two attached hydrogens (primary N) is 1. The van der Waals surface area contributed by atoms with Crippen LogP contribution in [-0.4, -0.2) is 24.0 Å². The molecule has 98 valence electrons. The molecule has 0 bridgehead atoms. The minimum Gasteiger partial charge on any atom is -0.370 e. The summed E-state index contributed by atoms with van der Waals surface area (Å²) < 4.78 is 0. The van der Waals surface area contributed by atoms with E-state index in [2.05, 4.69) is 22.2 Å². The lowest BCUT2D eigenvalue weighted by Gasteiger charge is -2.10. The molecule has 0 aromatic carbocycles. The second kappa shape index (κ2) is 5.85. The van der Waals surface area contributed by atoms with Crippen molar-refractivity contribution in [2.24, 2.45) is 16.1 Å². The van der Waals surface area contributed by atoms with E-state index >= 15 is 0 Å². The van der Waals surface area contributed by atoms with Crippen LogP contribution in [0.25, 0.3) is 0 Å². The summed E-state index contributed by atoms with van der Waals surface area (Å²) in [6.07, 6.45) is 6.49. The lowest BCUT2D eigenvalue weighted by Crippen LogP contribution is -2.34. The van der Waals surface area contributed by atoms with E-state index in [9.17, 15) is 0 Å². The number of guanidine groups is 1. The van der Waals surface area contributed by atoms with Gasteiger partial charge in [-0.25, -0.2) is 0 Å². The maximum atomic E-state index is 5.85. The maximum Gasteiger partial charge on any atom is 0.188 e. The summed E-state index contributed by atoms with van der Waals surface area (Å²) in [5.74, 6) is 0.561. The van der Waals surface area contributed by atoms with E-state index in [0.717, 1.165) is 25.2 Å². The van der Waals surface area contributed by atoms with E-state index in [1.807, 2.05) is 24.4 Å². The van der Waals surface area contributed by atoms with Crippen molar-refractivity contribution in [2.45, 2.75) is 32.6 Å². The molecule has 0 aliphatic heterocycles. The Bertz CT molecular complexity index is 396. The number of hydrogen-bond donors (Lipinski definition) is 2. The molecule has 1 heterocycles. The van der Waals surface area contributed by atoms with E-state index in [-0.39, 0.29) is 0 Å². The number of nitrogens with one attached hydrogen (secondary N) is 1. The quantitative estimate of drug-likeness (QED) is 0.593. The second-order valence-electron chi connectivity index (χ2n) is 5.05. The van der Waals surface area contributed by atoms with Gasteiger partial charge < -0.3 is 11.1 Å². The predicted molar refractivity (Wildman–Crippen MR) is 74.4 cm³/mol. The molecule has 3 N–H and O–H groups in total. The molecule has 0 amide bonds. The highest BCUT2D eigenvalue weighted by atomic mass is 15.1. The molecule has 18 heavy (non-hydrogen) atoms. The number of aliphatic imine (C=N–C) groups is 1. The van der Waals surface area contributed by atoms with Crippen molar-refractivity contribution in [3.8, 4) is 0 Å². The van der Waals surface area contributed by atoms with E-state index < -0.39 is 0 Å². The minimum atomic E-state index is 0.466. The first-order valence-electron chi connectivity index (χ1n) is 6.68. The SMILES string of the molecule is CCC1(CN=C(N)NCCc2ccccn2)CC1. The van der Waals surface area contributed by atoms with Crippen LogP contribution in [0.1, 0.15) is 31.9 Å². The normalized spacial score (nSPS) is 17.5. The van der Waals surface area contributed by atoms with Gasteiger partial charge in [-0.05, 0) is 36.8 Å². The molecule has 1 saturated carbocycles. The summed E-state index contributed by atoms with van der Waals surface area (Å²) in [5, 5.41) is 3.14. The maximum absolute atomic E-state index is 5.85. The van der Waals surface area contributed by atoms with Gasteiger partial charge in [-0.2, -0.15) is 0 Å². The standard InChI is InChI=1S/C14H22N4/c1-2-14(7-8-14)11-18-13(15)17-10-6-12-5-3-4-9-16-12/h3-5,9H,2,6-8,10-11H2,1H3,(H3,15,17,18). The van der Waals surface area contributed by atoms with Crippen LogP contribution in [0.3, 0.4) is 0 Å². The van der Waals surface area contributed by atoms with Gasteiger partial charge in [0.05, 0.1) is 0 Å². The Labute approximate surface area is 109 Å². The Morgan fingerprint density at radius 1 is 1.50 bits per heavy atom. The molecule has 1 fully saturated rings. The topological polar surface area (TPSA) is 63.3 Å². The van der Waals surface area contributed by atoms with Crippen molar-refractivity contribution < 1.29 is 0 Å². The van der Waals surface area contributed by atoms with Crippen molar-refractivity contribution in [3.63, 3.8) is 0 Å². The van der Waals surface area contributed by atoms with E-state index in [0.29, 0.717) is 11.4 Å². The summed E-state index contributed by atoms with van der Waals surface area (Å²) >= 11 is 0. The van der Waals surface area contributed by atoms with Gasteiger partial charge in [-0.15, -0.1) is 0 Å². The highest BCUT2D eigenvalue weighted by Gasteiger charge is 2.40. The van der Waals surface area contributed by atoms with Crippen LogP contribution < -0.4 is 11.1 Å². The van der Waals surface area contributed by atoms with Crippen molar-refractivity contribution in [2.75, 3.05) is 13.1 Å². The zero-order valence-corrected chi connectivity index (χ0v) is 11.0. The van der Waals surface area contributed by atoms with Crippen molar-refractivity contribution >= 4 is 5.96 Å². The fourth-order valence-corrected chi connectivity index (χ4v) is 1.97. The van der Waals surface area contributed by atoms with Gasteiger partial charge in [0.2, 0.25) is 0 Å². The van der Waals surface area contributed by atoms with Crippen LogP contribution in [0, 0.1) is 5.41 Å². The van der Waals surface area contributed by atoms with Crippen LogP contribution in [0.2, 0.25) is 0 Å². The summed E-state index contributed by atoms with van der Waals surface area (Å²) in [5.41, 5.74) is 7.39. The largest absolute Gasteiger partial charge is 0.370 e. The molecule has 4 heteroatoms. The highest BCUT2D eigenvalue weighted by Crippen LogP contribution is 2.48. The summed E-state index contributed by atoms with van der Waals surface area (Å²) in [7, 11) is 0. The number of nitrogens with zero attached hydrogens (tertiary/aromatic N) is 2. The second-order valence-corrected chi connectivity index (χ2v) is 5.05. The third kappa shape index (κ3) is 3.72. The first-order chi connectivity index (χ1) is 8.74. The van der Waals surface area contributed by atoms with Crippen LogP contribution in [0.4, 0.5) is 0 Å². The molecule has 0 unspecified atom stereocenters. The fourth-order valence-electron chi connectivity index (χ4n) is 1.97. The predicted octanol–water partition coefficient (Wildman–Crippen LogP) is 1.72. The number of hydrogen-bond acceptors (Lipinski definition) is 2. The van der Waals surface area contributed by atoms with E-state index in [4.69, 9.17) is 5.73 Å². The highest BCUT2D eigenvalue weighted by molar-refractivity contribution is 5.77. The Hall–Kier alpha value is -1.58. The molecule has 0 saturated heterocycles. The number of pyridine rings is 1. The molecule has 1 aliphatic rings. The lowest BCUT2D eigenvalue weighted by molar-refractivity contribution is 0.505. The van der Waals surface area contributed by atoms with Crippen molar-refractivity contribution in [1.82, 2.24) is 10.3 Å². The molecule has 2 rings (SSSR count). The Kier molecular flexibility index (Phi) is 4.18. The monoisotopic (exact) mass is 246 g/mol. The van der Waals surface area contributed by atoms with Crippen molar-refractivity contribution in [3.05, 3.63) is 30.1 Å². The van der Waals surface area contributed by atoms with Gasteiger partial charge in [0.1, 0.15) is 0 Å². The number of aromatic nitrogens is 1. The van der Waals surface area contributed by atoms with E-state index in [1.165, 1.54) is 19.3 Å². The Morgan fingerprint density at radius 3 is 2.94 bits per heavy atom. The van der Waals surface area contributed by atoms with Crippen molar-refractivity contribution in [1.29, 1.82) is 0 Å². The molecule has 0 radical (unpaired) electrons. The molecule has 0 spiro atoms. The summed E-state index contributed by atoms with van der Waals surface area (Å²) in [4.78, 5) is 8.69. The zero-order valence-electron chi connectivity index (χ0n) is 11.0. The van der Waals surface area contributed by atoms with Crippen LogP contribution >= 0.6 is 0 Å². The zero-order chi connectivity index (χ0) is 12.8. The molecular formula is C14H22N4. The van der Waals surface area contributed by atoms with E-state index in [1.54, 1.807) is 0 Å². The molecular weight excluding hydrogens is 224 g/mol. The number of rotatable bonds is 6. The average Bonchev–Trinajstić information content (AvgIpc) is 3.18. The van der Waals surface area contributed by atoms with Crippen LogP contribution in [-0.2, 0) is 6.42 Å². The fraction of sp³-hybridized carbons (Fsp3) is 0.571. The van der Waals surface area contributed by atoms with Crippen LogP contribution in [0.15, 0.2) is 29.4 Å². The third-order valence-corrected chi connectivity index (χ3v) is 3.71. The first-order valence-corrected chi connectivity index (χ1v) is 6.68. The summed E-state index contributed by atoms with van der Waals surface area (Å²) in [6.45, 7) is 3.88. The molecule has 0 atom stereocenters. The van der Waals surface area contributed by atoms with Crippen LogP contribution in [0.5, 0.6) is 0 Å². The molecule has 1 aliphatic carbocycles. The molecule has 1 aromatic rings. The molecule has 4 nitrogen and oxygen atoms in total. The van der Waals surface area contributed by atoms with Gasteiger partial charge >= 0.3 is 0 Å². The van der Waals surface area contributed by atoms with Gasteiger partial charge in [-0.3, -0.25) is 9.98 Å². The average molecular weight is 246 g/mol. The van der Waals surface area contributed by atoms with Gasteiger partial charge in [0, 0.05) is 31.4 Å². The summed E-state index contributed by atoms with van der Waals surface area (Å²) in [6, 6.07) is 5.94. The lowest BCUT2D eigenvalue weighted by atomic mass is 10.1. The Morgan fingerprint density at radius 2 is 2.33 bits per heavy atom. The molecule has 1 aromatic heterocycles. The first kappa shape index (κ1) is 12.9. The van der Waals surface area contributed by atoms with Gasteiger partial charge in [0.25, 0.3) is 0 Å².